The van der Waals surface area contributed by atoms with Gasteiger partial charge in [0.05, 0.1) is 11.8 Å². The highest BCUT2D eigenvalue weighted by Gasteiger charge is 2.34. The van der Waals surface area contributed by atoms with Crippen LogP contribution >= 0.6 is 0 Å². The Balaban J connectivity index is 1.44. The zero-order chi connectivity index (χ0) is 20.6. The van der Waals surface area contributed by atoms with E-state index in [4.69, 9.17) is 0 Å². The van der Waals surface area contributed by atoms with Crippen molar-refractivity contribution in [1.29, 1.82) is 0 Å². The monoisotopic (exact) mass is 419 g/mol. The Morgan fingerprint density at radius 1 is 1.14 bits per heavy atom. The number of aromatic nitrogens is 5. The molecular formula is C18H25N7O3S. The molecule has 2 aromatic heterocycles. The molecule has 0 bridgehead atoms. The van der Waals surface area contributed by atoms with E-state index in [0.29, 0.717) is 38.4 Å². The molecule has 0 saturated carbocycles. The van der Waals surface area contributed by atoms with Crippen molar-refractivity contribution in [3.8, 4) is 0 Å². The molecule has 4 heterocycles. The van der Waals surface area contributed by atoms with Crippen LogP contribution in [0.1, 0.15) is 54.7 Å². The lowest BCUT2D eigenvalue weighted by Gasteiger charge is -2.33. The molecule has 0 spiro atoms. The van der Waals surface area contributed by atoms with Crippen LogP contribution in [0.25, 0.3) is 0 Å². The summed E-state index contributed by atoms with van der Waals surface area (Å²) in [7, 11) is -3.22. The number of nitrogens with zero attached hydrogens (tertiary/aromatic N) is 7. The Kier molecular flexibility index (Phi) is 5.34. The van der Waals surface area contributed by atoms with Crippen LogP contribution in [0.15, 0.2) is 18.6 Å². The molecule has 0 radical (unpaired) electrons. The first-order valence-electron chi connectivity index (χ1n) is 9.84. The van der Waals surface area contributed by atoms with E-state index >= 15 is 0 Å². The van der Waals surface area contributed by atoms with Gasteiger partial charge in [-0.15, -0.1) is 10.2 Å². The largest absolute Gasteiger partial charge is 0.328 e. The van der Waals surface area contributed by atoms with Gasteiger partial charge < -0.3 is 9.47 Å². The molecule has 10 nitrogen and oxygen atoms in total. The second kappa shape index (κ2) is 7.79. The van der Waals surface area contributed by atoms with Crippen molar-refractivity contribution in [2.75, 3.05) is 19.6 Å². The number of piperidine rings is 1. The molecule has 0 unspecified atom stereocenters. The predicted molar refractivity (Wildman–Crippen MR) is 104 cm³/mol. The van der Waals surface area contributed by atoms with Gasteiger partial charge in [-0.3, -0.25) is 4.79 Å². The second-order valence-corrected chi connectivity index (χ2v) is 10.2. The van der Waals surface area contributed by atoms with E-state index in [1.54, 1.807) is 35.3 Å². The number of rotatable bonds is 4. The summed E-state index contributed by atoms with van der Waals surface area (Å²) >= 11 is 0. The van der Waals surface area contributed by atoms with Crippen LogP contribution in [0.3, 0.4) is 0 Å². The molecule has 1 amide bonds. The molecule has 2 aliphatic heterocycles. The molecule has 4 rings (SSSR count). The van der Waals surface area contributed by atoms with E-state index in [9.17, 15) is 13.2 Å². The molecule has 1 fully saturated rings. The number of carbonyl (C=O) groups is 1. The Morgan fingerprint density at radius 3 is 2.55 bits per heavy atom. The highest BCUT2D eigenvalue weighted by atomic mass is 32.2. The Morgan fingerprint density at radius 2 is 1.90 bits per heavy atom. The van der Waals surface area contributed by atoms with Crippen molar-refractivity contribution in [2.45, 2.75) is 50.9 Å². The summed E-state index contributed by atoms with van der Waals surface area (Å²) in [5.74, 6) is 1.69. The van der Waals surface area contributed by atoms with Gasteiger partial charge in [0.2, 0.25) is 10.0 Å². The highest BCUT2D eigenvalue weighted by molar-refractivity contribution is 7.89. The van der Waals surface area contributed by atoms with Crippen LogP contribution in [0, 0.1) is 0 Å². The average Bonchev–Trinajstić information content (AvgIpc) is 3.17. The van der Waals surface area contributed by atoms with E-state index in [1.165, 1.54) is 6.33 Å². The zero-order valence-corrected chi connectivity index (χ0v) is 17.4. The molecule has 0 aromatic carbocycles. The van der Waals surface area contributed by atoms with Gasteiger partial charge in [-0.05, 0) is 32.8 Å². The second-order valence-electron chi connectivity index (χ2n) is 7.71. The molecule has 11 heteroatoms. The number of sulfonamides is 1. The maximum atomic E-state index is 12.6. The summed E-state index contributed by atoms with van der Waals surface area (Å²) < 4.78 is 28.4. The van der Waals surface area contributed by atoms with Crippen molar-refractivity contribution in [3.05, 3.63) is 35.9 Å². The average molecular weight is 420 g/mol. The third-order valence-electron chi connectivity index (χ3n) is 5.64. The number of carbonyl (C=O) groups excluding carboxylic acids is 1. The molecule has 2 aliphatic rings. The van der Waals surface area contributed by atoms with Gasteiger partial charge in [-0.2, -0.15) is 0 Å². The van der Waals surface area contributed by atoms with Gasteiger partial charge >= 0.3 is 0 Å². The minimum Gasteiger partial charge on any atom is -0.328 e. The smallest absolute Gasteiger partial charge is 0.273 e. The Hall–Kier alpha value is -2.40. The van der Waals surface area contributed by atoms with Crippen LogP contribution in [0.4, 0.5) is 0 Å². The molecule has 0 atom stereocenters. The summed E-state index contributed by atoms with van der Waals surface area (Å²) in [4.78, 5) is 22.2. The minimum atomic E-state index is -3.22. The molecule has 0 aliphatic carbocycles. The topological polar surface area (TPSA) is 114 Å². The van der Waals surface area contributed by atoms with E-state index in [2.05, 4.69) is 24.7 Å². The number of hydrogen-bond acceptors (Lipinski definition) is 7. The summed E-state index contributed by atoms with van der Waals surface area (Å²) in [6.45, 7) is 6.00. The standard InChI is InChI=1S/C18H25N7O3S/c1-13(2)29(27,28)24-7-4-14(5-8-24)17-22-21-16-11-23(9-10-25(16)17)18(26)15-3-6-19-12-20-15/h3,6,12-14H,4-5,7-11H2,1-2H3. The molecule has 156 valence electrons. The van der Waals surface area contributed by atoms with Gasteiger partial charge in [0, 0.05) is 38.3 Å². The predicted octanol–water partition coefficient (Wildman–Crippen LogP) is 0.642. The van der Waals surface area contributed by atoms with Crippen molar-refractivity contribution in [1.82, 2.24) is 33.9 Å². The van der Waals surface area contributed by atoms with Gasteiger partial charge in [0.25, 0.3) is 5.91 Å². The first-order valence-corrected chi connectivity index (χ1v) is 11.3. The lowest BCUT2D eigenvalue weighted by molar-refractivity contribution is 0.0699. The van der Waals surface area contributed by atoms with Crippen molar-refractivity contribution >= 4 is 15.9 Å². The van der Waals surface area contributed by atoms with Crippen LogP contribution < -0.4 is 0 Å². The molecule has 2 aromatic rings. The Bertz CT molecular complexity index is 982. The summed E-state index contributed by atoms with van der Waals surface area (Å²) in [5.41, 5.74) is 0.368. The lowest BCUT2D eigenvalue weighted by atomic mass is 9.97. The molecule has 29 heavy (non-hydrogen) atoms. The highest BCUT2D eigenvalue weighted by Crippen LogP contribution is 2.30. The van der Waals surface area contributed by atoms with Gasteiger partial charge in [-0.25, -0.2) is 22.7 Å². The molecule has 0 N–H and O–H groups in total. The van der Waals surface area contributed by atoms with Gasteiger partial charge in [0.1, 0.15) is 17.8 Å². The van der Waals surface area contributed by atoms with Crippen LogP contribution in [-0.2, 0) is 23.1 Å². The summed E-state index contributed by atoms with van der Waals surface area (Å²) in [6, 6.07) is 1.60. The molecular weight excluding hydrogens is 394 g/mol. The van der Waals surface area contributed by atoms with E-state index in [1.807, 2.05) is 0 Å². The number of fused-ring (bicyclic) bond motifs is 1. The number of amides is 1. The third-order valence-corrected chi connectivity index (χ3v) is 7.92. The minimum absolute atomic E-state index is 0.143. The lowest BCUT2D eigenvalue weighted by Crippen LogP contribution is -2.42. The summed E-state index contributed by atoms with van der Waals surface area (Å²) in [6.07, 6.45) is 4.38. The van der Waals surface area contributed by atoms with Gasteiger partial charge in [0.15, 0.2) is 5.82 Å². The SMILES string of the molecule is CC(C)S(=O)(=O)N1CCC(c2nnc3n2CCN(C(=O)c2ccncn2)C3)CC1. The molecule has 1 saturated heterocycles. The third kappa shape index (κ3) is 3.76. The summed E-state index contributed by atoms with van der Waals surface area (Å²) in [5, 5.41) is 8.30. The van der Waals surface area contributed by atoms with Gasteiger partial charge in [-0.1, -0.05) is 0 Å². The van der Waals surface area contributed by atoms with Crippen molar-refractivity contribution in [3.63, 3.8) is 0 Å². The number of hydrogen-bond donors (Lipinski definition) is 0. The maximum Gasteiger partial charge on any atom is 0.273 e. The van der Waals surface area contributed by atoms with Crippen molar-refractivity contribution < 1.29 is 13.2 Å². The fourth-order valence-corrected chi connectivity index (χ4v) is 5.22. The van der Waals surface area contributed by atoms with Crippen molar-refractivity contribution in [2.24, 2.45) is 0 Å². The Labute approximate surface area is 170 Å². The normalized spacial score (nSPS) is 18.8. The quantitative estimate of drug-likeness (QED) is 0.714. The van der Waals surface area contributed by atoms with Crippen LogP contribution in [0.2, 0.25) is 0 Å². The fraction of sp³-hybridized carbons (Fsp3) is 0.611. The zero-order valence-electron chi connectivity index (χ0n) is 16.6. The maximum absolute atomic E-state index is 12.6. The first kappa shape index (κ1) is 19.9. The van der Waals surface area contributed by atoms with Crippen LogP contribution in [0.5, 0.6) is 0 Å². The van der Waals surface area contributed by atoms with E-state index < -0.39 is 15.3 Å². The van der Waals surface area contributed by atoms with Crippen LogP contribution in [-0.4, -0.2) is 73.1 Å². The first-order chi connectivity index (χ1) is 13.9. The fourth-order valence-electron chi connectivity index (χ4n) is 3.90. The van der Waals surface area contributed by atoms with E-state index in [-0.39, 0.29) is 11.8 Å². The van der Waals surface area contributed by atoms with E-state index in [0.717, 1.165) is 24.5 Å².